The van der Waals surface area contributed by atoms with Gasteiger partial charge < -0.3 is 15.0 Å². The highest BCUT2D eigenvalue weighted by molar-refractivity contribution is 6.31. The lowest BCUT2D eigenvalue weighted by atomic mass is 9.99. The van der Waals surface area contributed by atoms with Gasteiger partial charge in [-0.2, -0.15) is 0 Å². The first-order chi connectivity index (χ1) is 12.0. The van der Waals surface area contributed by atoms with Crippen LogP contribution in [0.3, 0.4) is 0 Å². The third-order valence-corrected chi connectivity index (χ3v) is 4.79. The van der Waals surface area contributed by atoms with Crippen molar-refractivity contribution < 1.29 is 13.9 Å². The van der Waals surface area contributed by atoms with Gasteiger partial charge in [0.15, 0.2) is 5.96 Å². The topological polar surface area (TPSA) is 53.9 Å². The molecule has 1 heterocycles. The van der Waals surface area contributed by atoms with E-state index in [0.717, 1.165) is 12.5 Å². The number of carbonyl (C=O) groups excluding carboxylic acids is 1. The molecule has 1 fully saturated rings. The molecule has 2 unspecified atom stereocenters. The quantitative estimate of drug-likeness (QED) is 0.492. The number of methoxy groups -OCH3 is 1. The molecule has 0 amide bonds. The molecule has 5 nitrogen and oxygen atoms in total. The number of esters is 1. The number of hydrogen-bond acceptors (Lipinski definition) is 3. The minimum atomic E-state index is -0.312. The van der Waals surface area contributed by atoms with Gasteiger partial charge in [-0.1, -0.05) is 24.6 Å². The SMILES string of the molecule is CCNC(=NCCc1c(F)cccc1Cl)N1CC(C)C(C(=O)OC)C1. The molecule has 0 bridgehead atoms. The number of rotatable bonds is 5. The molecule has 1 aromatic rings. The lowest BCUT2D eigenvalue weighted by Crippen LogP contribution is -2.40. The third-order valence-electron chi connectivity index (χ3n) is 4.44. The number of halogens is 2. The van der Waals surface area contributed by atoms with Crippen LogP contribution in [0.2, 0.25) is 5.02 Å². The van der Waals surface area contributed by atoms with Crippen molar-refractivity contribution in [1.82, 2.24) is 10.2 Å². The van der Waals surface area contributed by atoms with E-state index >= 15 is 0 Å². The van der Waals surface area contributed by atoms with Crippen molar-refractivity contribution in [3.05, 3.63) is 34.6 Å². The van der Waals surface area contributed by atoms with Crippen molar-refractivity contribution in [3.63, 3.8) is 0 Å². The first-order valence-electron chi connectivity index (χ1n) is 8.51. The van der Waals surface area contributed by atoms with Crippen LogP contribution in [0.25, 0.3) is 0 Å². The van der Waals surface area contributed by atoms with Gasteiger partial charge in [0.05, 0.1) is 13.0 Å². The smallest absolute Gasteiger partial charge is 0.310 e. The van der Waals surface area contributed by atoms with E-state index in [2.05, 4.69) is 15.2 Å². The van der Waals surface area contributed by atoms with E-state index in [9.17, 15) is 9.18 Å². The summed E-state index contributed by atoms with van der Waals surface area (Å²) in [6.07, 6.45) is 0.421. The minimum Gasteiger partial charge on any atom is -0.469 e. The van der Waals surface area contributed by atoms with Crippen LogP contribution in [-0.4, -0.2) is 50.1 Å². The second-order valence-electron chi connectivity index (χ2n) is 6.20. The molecule has 0 radical (unpaired) electrons. The summed E-state index contributed by atoms with van der Waals surface area (Å²) in [5.41, 5.74) is 0.478. The zero-order chi connectivity index (χ0) is 18.4. The second-order valence-corrected chi connectivity index (χ2v) is 6.60. The molecular weight excluding hydrogens is 345 g/mol. The van der Waals surface area contributed by atoms with Crippen molar-refractivity contribution >= 4 is 23.5 Å². The Bertz CT molecular complexity index is 618. The van der Waals surface area contributed by atoms with Crippen molar-refractivity contribution in [3.8, 4) is 0 Å². The van der Waals surface area contributed by atoms with Gasteiger partial charge in [0, 0.05) is 36.8 Å². The Hall–Kier alpha value is -1.82. The predicted molar refractivity (Wildman–Crippen MR) is 97.3 cm³/mol. The maximum atomic E-state index is 13.8. The van der Waals surface area contributed by atoms with Crippen LogP contribution >= 0.6 is 11.6 Å². The van der Waals surface area contributed by atoms with Crippen LogP contribution in [0.5, 0.6) is 0 Å². The van der Waals surface area contributed by atoms with Crippen LogP contribution in [-0.2, 0) is 16.0 Å². The fourth-order valence-electron chi connectivity index (χ4n) is 3.07. The van der Waals surface area contributed by atoms with E-state index in [-0.39, 0.29) is 23.6 Å². The summed E-state index contributed by atoms with van der Waals surface area (Å²) in [5.74, 6) is 0.262. The summed E-state index contributed by atoms with van der Waals surface area (Å²) < 4.78 is 18.7. The Morgan fingerprint density at radius 2 is 2.24 bits per heavy atom. The molecule has 2 rings (SSSR count). The Morgan fingerprint density at radius 1 is 1.48 bits per heavy atom. The molecule has 1 aliphatic rings. The molecule has 0 spiro atoms. The number of benzene rings is 1. The lowest BCUT2D eigenvalue weighted by Gasteiger charge is -2.21. The van der Waals surface area contributed by atoms with Crippen molar-refractivity contribution in [2.75, 3.05) is 33.3 Å². The van der Waals surface area contributed by atoms with Gasteiger partial charge in [-0.05, 0) is 31.4 Å². The Morgan fingerprint density at radius 3 is 2.88 bits per heavy atom. The predicted octanol–water partition coefficient (Wildman–Crippen LogP) is 2.73. The molecule has 0 saturated carbocycles. The monoisotopic (exact) mass is 369 g/mol. The number of hydrogen-bond donors (Lipinski definition) is 1. The highest BCUT2D eigenvalue weighted by Crippen LogP contribution is 2.24. The zero-order valence-corrected chi connectivity index (χ0v) is 15.6. The van der Waals surface area contributed by atoms with Gasteiger partial charge in [0.1, 0.15) is 5.82 Å². The minimum absolute atomic E-state index is 0.158. The summed E-state index contributed by atoms with van der Waals surface area (Å²) in [6.45, 7) is 6.45. The Kier molecular flexibility index (Phi) is 7.05. The summed E-state index contributed by atoms with van der Waals surface area (Å²) in [7, 11) is 1.41. The molecule has 1 N–H and O–H groups in total. The number of likely N-dealkylation sites (tertiary alicyclic amines) is 1. The van der Waals surface area contributed by atoms with Crippen LogP contribution in [0.4, 0.5) is 4.39 Å². The average Bonchev–Trinajstić information content (AvgIpc) is 2.97. The van der Waals surface area contributed by atoms with Crippen LogP contribution < -0.4 is 5.32 Å². The molecule has 1 aliphatic heterocycles. The van der Waals surface area contributed by atoms with Gasteiger partial charge >= 0.3 is 5.97 Å². The summed E-state index contributed by atoms with van der Waals surface area (Å²) in [4.78, 5) is 18.5. The molecule has 2 atom stereocenters. The van der Waals surface area contributed by atoms with E-state index in [1.165, 1.54) is 13.2 Å². The van der Waals surface area contributed by atoms with Crippen molar-refractivity contribution in [2.45, 2.75) is 20.3 Å². The first kappa shape index (κ1) is 19.5. The number of guanidine groups is 1. The third kappa shape index (κ3) is 4.84. The highest BCUT2D eigenvalue weighted by atomic mass is 35.5. The maximum absolute atomic E-state index is 13.8. The maximum Gasteiger partial charge on any atom is 0.310 e. The van der Waals surface area contributed by atoms with E-state index < -0.39 is 0 Å². The number of ether oxygens (including phenoxy) is 1. The van der Waals surface area contributed by atoms with Crippen molar-refractivity contribution in [2.24, 2.45) is 16.8 Å². The average molecular weight is 370 g/mol. The highest BCUT2D eigenvalue weighted by Gasteiger charge is 2.36. The van der Waals surface area contributed by atoms with Crippen molar-refractivity contribution in [1.29, 1.82) is 0 Å². The normalized spacial score (nSPS) is 20.7. The molecule has 138 valence electrons. The number of aliphatic imine (C=N–C) groups is 1. The summed E-state index contributed by atoms with van der Waals surface area (Å²) in [5, 5.41) is 3.65. The van der Waals surface area contributed by atoms with Gasteiger partial charge in [-0.3, -0.25) is 9.79 Å². The molecule has 25 heavy (non-hydrogen) atoms. The van der Waals surface area contributed by atoms with E-state index in [4.69, 9.17) is 16.3 Å². The van der Waals surface area contributed by atoms with Gasteiger partial charge in [-0.25, -0.2) is 4.39 Å². The van der Waals surface area contributed by atoms with E-state index in [1.807, 2.05) is 13.8 Å². The lowest BCUT2D eigenvalue weighted by molar-refractivity contribution is -0.145. The first-order valence-corrected chi connectivity index (χ1v) is 8.89. The molecule has 1 aromatic carbocycles. The molecular formula is C18H25ClFN3O2. The number of carbonyl (C=O) groups is 1. The van der Waals surface area contributed by atoms with Crippen LogP contribution in [0.1, 0.15) is 19.4 Å². The summed E-state index contributed by atoms with van der Waals surface area (Å²) in [6, 6.07) is 4.67. The van der Waals surface area contributed by atoms with Gasteiger partial charge in [0.25, 0.3) is 0 Å². The molecule has 0 aromatic heterocycles. The standard InChI is InChI=1S/C18H25ClFN3O2/c1-4-21-18(23-10-12(2)14(11-23)17(24)25-3)22-9-8-13-15(19)6-5-7-16(13)20/h5-7,12,14H,4,8-11H2,1-3H3,(H,21,22). The molecule has 1 saturated heterocycles. The van der Waals surface area contributed by atoms with E-state index in [1.54, 1.807) is 12.1 Å². The second kappa shape index (κ2) is 9.04. The molecule has 0 aliphatic carbocycles. The van der Waals surface area contributed by atoms with Gasteiger partial charge in [-0.15, -0.1) is 0 Å². The Balaban J connectivity index is 2.05. The van der Waals surface area contributed by atoms with Crippen LogP contribution in [0, 0.1) is 17.7 Å². The van der Waals surface area contributed by atoms with Crippen LogP contribution in [0.15, 0.2) is 23.2 Å². The van der Waals surface area contributed by atoms with E-state index in [0.29, 0.717) is 36.6 Å². The fourth-order valence-corrected chi connectivity index (χ4v) is 3.33. The Labute approximate surface area is 153 Å². The summed E-state index contributed by atoms with van der Waals surface area (Å²) >= 11 is 6.06. The zero-order valence-electron chi connectivity index (χ0n) is 14.9. The number of nitrogens with one attached hydrogen (secondary N) is 1. The van der Waals surface area contributed by atoms with Gasteiger partial charge in [0.2, 0.25) is 0 Å². The largest absolute Gasteiger partial charge is 0.469 e. The fraction of sp³-hybridized carbons (Fsp3) is 0.556. The number of nitrogens with zero attached hydrogens (tertiary/aromatic N) is 2. The molecule has 7 heteroatoms.